The number of anilines is 1. The molecule has 19 heavy (non-hydrogen) atoms. The summed E-state index contributed by atoms with van der Waals surface area (Å²) in [4.78, 5) is 4.31. The maximum Gasteiger partial charge on any atom is 0.138 e. The molecular weight excluding hydrogens is 258 g/mol. The Morgan fingerprint density at radius 1 is 1.26 bits per heavy atom. The molecule has 2 heterocycles. The molecule has 2 atom stereocenters. The van der Waals surface area contributed by atoms with Gasteiger partial charge in [-0.15, -0.1) is 11.6 Å². The maximum absolute atomic E-state index is 6.09. The highest BCUT2D eigenvalue weighted by Gasteiger charge is 2.24. The van der Waals surface area contributed by atoms with Crippen molar-refractivity contribution in [2.75, 3.05) is 17.7 Å². The highest BCUT2D eigenvalue weighted by atomic mass is 35.5. The Morgan fingerprint density at radius 2 is 2.11 bits per heavy atom. The first-order valence-corrected chi connectivity index (χ1v) is 7.64. The summed E-state index contributed by atoms with van der Waals surface area (Å²) in [5.74, 6) is 3.28. The lowest BCUT2D eigenvalue weighted by Gasteiger charge is -2.30. The van der Waals surface area contributed by atoms with Crippen LogP contribution in [0.25, 0.3) is 5.65 Å². The highest BCUT2D eigenvalue weighted by Crippen LogP contribution is 2.31. The molecule has 1 saturated carbocycles. The summed E-state index contributed by atoms with van der Waals surface area (Å²) < 4.78 is 2.10. The number of hydrogen-bond acceptors (Lipinski definition) is 2. The van der Waals surface area contributed by atoms with E-state index in [9.17, 15) is 0 Å². The molecule has 0 bridgehead atoms. The third-order valence-corrected chi connectivity index (χ3v) is 4.63. The number of halogens is 1. The van der Waals surface area contributed by atoms with Crippen molar-refractivity contribution in [3.05, 3.63) is 30.6 Å². The zero-order valence-electron chi connectivity index (χ0n) is 11.1. The molecule has 2 aromatic rings. The van der Waals surface area contributed by atoms with Gasteiger partial charge in [0.25, 0.3) is 0 Å². The summed E-state index contributed by atoms with van der Waals surface area (Å²) in [7, 11) is 0. The van der Waals surface area contributed by atoms with E-state index in [1.807, 2.05) is 24.5 Å². The van der Waals surface area contributed by atoms with E-state index in [1.165, 1.54) is 25.7 Å². The third kappa shape index (κ3) is 2.71. The number of rotatable bonds is 4. The molecule has 1 aliphatic carbocycles. The summed E-state index contributed by atoms with van der Waals surface area (Å²) in [6.07, 6.45) is 9.09. The molecule has 0 amide bonds. The number of fused-ring (bicyclic) bond motifs is 1. The first-order chi connectivity index (χ1) is 9.38. The van der Waals surface area contributed by atoms with E-state index in [2.05, 4.69) is 20.8 Å². The quantitative estimate of drug-likeness (QED) is 0.862. The number of nitrogens with one attached hydrogen (secondary N) is 1. The predicted octanol–water partition coefficient (Wildman–Crippen LogP) is 3.79. The summed E-state index contributed by atoms with van der Waals surface area (Å²) in [6.45, 7) is 1.01. The molecule has 102 valence electrons. The van der Waals surface area contributed by atoms with Gasteiger partial charge in [0.2, 0.25) is 0 Å². The minimum absolute atomic E-state index is 0.671. The van der Waals surface area contributed by atoms with Crippen LogP contribution in [0.4, 0.5) is 5.82 Å². The lowest BCUT2D eigenvalue weighted by molar-refractivity contribution is 0.272. The van der Waals surface area contributed by atoms with Crippen molar-refractivity contribution < 1.29 is 0 Å². The number of alkyl halides is 1. The molecule has 2 aromatic heterocycles. The van der Waals surface area contributed by atoms with Gasteiger partial charge in [-0.1, -0.05) is 18.9 Å². The molecule has 0 saturated heterocycles. The third-order valence-electron chi connectivity index (χ3n) is 4.24. The molecule has 2 unspecified atom stereocenters. The van der Waals surface area contributed by atoms with E-state index in [-0.39, 0.29) is 0 Å². The predicted molar refractivity (Wildman–Crippen MR) is 79.8 cm³/mol. The normalized spacial score (nSPS) is 23.6. The topological polar surface area (TPSA) is 29.3 Å². The fourth-order valence-electron chi connectivity index (χ4n) is 3.08. The number of imidazole rings is 1. The minimum Gasteiger partial charge on any atom is -0.371 e. The van der Waals surface area contributed by atoms with Gasteiger partial charge < -0.3 is 5.32 Å². The van der Waals surface area contributed by atoms with Crippen LogP contribution in [-0.2, 0) is 0 Å². The second-order valence-electron chi connectivity index (χ2n) is 5.41. The van der Waals surface area contributed by atoms with Crippen molar-refractivity contribution in [3.63, 3.8) is 0 Å². The van der Waals surface area contributed by atoms with Gasteiger partial charge >= 0.3 is 0 Å². The zero-order chi connectivity index (χ0) is 13.1. The molecule has 3 rings (SSSR count). The van der Waals surface area contributed by atoms with Gasteiger partial charge in [0.15, 0.2) is 0 Å². The highest BCUT2D eigenvalue weighted by molar-refractivity contribution is 6.18. The van der Waals surface area contributed by atoms with Gasteiger partial charge in [0.1, 0.15) is 11.5 Å². The first-order valence-electron chi connectivity index (χ1n) is 7.10. The maximum atomic E-state index is 6.09. The molecule has 0 spiro atoms. The van der Waals surface area contributed by atoms with Crippen LogP contribution in [0.5, 0.6) is 0 Å². The molecule has 3 nitrogen and oxygen atoms in total. The molecule has 1 N–H and O–H groups in total. The Bertz CT molecular complexity index is 537. The SMILES string of the molecule is ClCC1CCCCC1CNc1cccc2nccn12. The minimum atomic E-state index is 0.671. The number of pyridine rings is 1. The van der Waals surface area contributed by atoms with Crippen molar-refractivity contribution in [1.29, 1.82) is 0 Å². The summed E-state index contributed by atoms with van der Waals surface area (Å²) in [6, 6.07) is 6.17. The molecule has 0 aromatic carbocycles. The number of aromatic nitrogens is 2. The Kier molecular flexibility index (Phi) is 3.92. The summed E-state index contributed by atoms with van der Waals surface area (Å²) >= 11 is 6.09. The van der Waals surface area contributed by atoms with Gasteiger partial charge in [-0.3, -0.25) is 4.40 Å². The fraction of sp³-hybridized carbons (Fsp3) is 0.533. The van der Waals surface area contributed by atoms with E-state index in [0.29, 0.717) is 11.8 Å². The molecule has 0 aliphatic heterocycles. The smallest absolute Gasteiger partial charge is 0.138 e. The lowest BCUT2D eigenvalue weighted by Crippen LogP contribution is -2.27. The van der Waals surface area contributed by atoms with Crippen LogP contribution in [0.1, 0.15) is 25.7 Å². The molecule has 1 aliphatic rings. The first kappa shape index (κ1) is 12.8. The van der Waals surface area contributed by atoms with Crippen LogP contribution in [0.15, 0.2) is 30.6 Å². The van der Waals surface area contributed by atoms with Crippen LogP contribution in [0.3, 0.4) is 0 Å². The van der Waals surface area contributed by atoms with E-state index in [4.69, 9.17) is 11.6 Å². The van der Waals surface area contributed by atoms with Crippen molar-refractivity contribution in [3.8, 4) is 0 Å². The second kappa shape index (κ2) is 5.83. The van der Waals surface area contributed by atoms with Gasteiger partial charge in [-0.05, 0) is 36.8 Å². The Hall–Kier alpha value is -1.22. The standard InChI is InChI=1S/C15H20ClN3/c16-10-12-4-1-2-5-13(12)11-18-15-7-3-6-14-17-8-9-19(14)15/h3,6-9,12-13,18H,1-2,4-5,10-11H2. The van der Waals surface area contributed by atoms with Gasteiger partial charge in [-0.25, -0.2) is 4.98 Å². The van der Waals surface area contributed by atoms with Crippen molar-refractivity contribution in [2.45, 2.75) is 25.7 Å². The summed E-state index contributed by atoms with van der Waals surface area (Å²) in [5, 5.41) is 3.57. The van der Waals surface area contributed by atoms with Crippen molar-refractivity contribution >= 4 is 23.1 Å². The number of hydrogen-bond donors (Lipinski definition) is 1. The van der Waals surface area contributed by atoms with Gasteiger partial charge in [-0.2, -0.15) is 0 Å². The Labute approximate surface area is 119 Å². The largest absolute Gasteiger partial charge is 0.371 e. The van der Waals surface area contributed by atoms with Crippen molar-refractivity contribution in [1.82, 2.24) is 9.38 Å². The molecular formula is C15H20ClN3. The van der Waals surface area contributed by atoms with Crippen LogP contribution in [0, 0.1) is 11.8 Å². The van der Waals surface area contributed by atoms with E-state index >= 15 is 0 Å². The van der Waals surface area contributed by atoms with E-state index in [1.54, 1.807) is 0 Å². The second-order valence-corrected chi connectivity index (χ2v) is 5.71. The average molecular weight is 278 g/mol. The monoisotopic (exact) mass is 277 g/mol. The molecule has 4 heteroatoms. The fourth-order valence-corrected chi connectivity index (χ4v) is 3.49. The van der Waals surface area contributed by atoms with E-state index in [0.717, 1.165) is 23.9 Å². The van der Waals surface area contributed by atoms with Gasteiger partial charge in [0.05, 0.1) is 0 Å². The van der Waals surface area contributed by atoms with Crippen LogP contribution in [-0.4, -0.2) is 21.8 Å². The zero-order valence-corrected chi connectivity index (χ0v) is 11.8. The lowest BCUT2D eigenvalue weighted by atomic mass is 9.80. The van der Waals surface area contributed by atoms with E-state index < -0.39 is 0 Å². The molecule has 0 radical (unpaired) electrons. The van der Waals surface area contributed by atoms with Crippen LogP contribution in [0.2, 0.25) is 0 Å². The van der Waals surface area contributed by atoms with Crippen molar-refractivity contribution in [2.24, 2.45) is 11.8 Å². The summed E-state index contributed by atoms with van der Waals surface area (Å²) in [5.41, 5.74) is 0.988. The van der Waals surface area contributed by atoms with Crippen LogP contribution < -0.4 is 5.32 Å². The molecule has 1 fully saturated rings. The van der Waals surface area contributed by atoms with Crippen LogP contribution >= 0.6 is 11.6 Å². The Balaban J connectivity index is 1.69. The average Bonchev–Trinajstić information content (AvgIpc) is 2.94. The van der Waals surface area contributed by atoms with Gasteiger partial charge in [0, 0.05) is 24.8 Å². The Morgan fingerprint density at radius 3 is 2.95 bits per heavy atom. The number of nitrogens with zero attached hydrogens (tertiary/aromatic N) is 2.